The summed E-state index contributed by atoms with van der Waals surface area (Å²) >= 11 is 0. The summed E-state index contributed by atoms with van der Waals surface area (Å²) < 4.78 is 36.8. The second-order valence-electron chi connectivity index (χ2n) is 2.34. The Kier molecular flexibility index (Phi) is 2.72. The highest BCUT2D eigenvalue weighted by Gasteiger charge is 2.17. The number of alkyl halides is 2. The van der Waals surface area contributed by atoms with Gasteiger partial charge < -0.3 is 5.11 Å². The maximum Gasteiger partial charge on any atom is 0.269 e. The lowest BCUT2D eigenvalue weighted by molar-refractivity contribution is 0.145. The standard InChI is InChI=1S/C7H6F3NO2/c8-4-1-3(2-12)5(6(9)10)7(13)11-4/h1,6,12H,2H2,(H,11,13). The Labute approximate surface area is 70.8 Å². The van der Waals surface area contributed by atoms with Gasteiger partial charge in [0.05, 0.1) is 12.2 Å². The third-order valence-corrected chi connectivity index (χ3v) is 1.51. The molecule has 0 saturated heterocycles. The molecule has 0 bridgehead atoms. The van der Waals surface area contributed by atoms with Crippen LogP contribution in [0.25, 0.3) is 0 Å². The monoisotopic (exact) mass is 193 g/mol. The molecule has 72 valence electrons. The van der Waals surface area contributed by atoms with E-state index in [4.69, 9.17) is 5.11 Å². The molecular formula is C7H6F3NO2. The Morgan fingerprint density at radius 3 is 2.62 bits per heavy atom. The summed E-state index contributed by atoms with van der Waals surface area (Å²) in [5.74, 6) is -1.04. The Morgan fingerprint density at radius 2 is 2.15 bits per heavy atom. The van der Waals surface area contributed by atoms with Gasteiger partial charge in [-0.15, -0.1) is 0 Å². The Bertz CT molecular complexity index is 361. The van der Waals surface area contributed by atoms with Gasteiger partial charge in [0.25, 0.3) is 12.0 Å². The van der Waals surface area contributed by atoms with Gasteiger partial charge in [-0.3, -0.25) is 9.78 Å². The number of rotatable bonds is 2. The molecule has 0 aliphatic rings. The molecule has 0 radical (unpaired) electrons. The van der Waals surface area contributed by atoms with Gasteiger partial charge in [0, 0.05) is 0 Å². The van der Waals surface area contributed by atoms with Crippen LogP contribution >= 0.6 is 0 Å². The zero-order valence-corrected chi connectivity index (χ0v) is 6.35. The minimum absolute atomic E-state index is 0.392. The highest BCUT2D eigenvalue weighted by atomic mass is 19.3. The van der Waals surface area contributed by atoms with Crippen molar-refractivity contribution in [1.29, 1.82) is 0 Å². The van der Waals surface area contributed by atoms with Crippen LogP contribution in [0.3, 0.4) is 0 Å². The molecule has 0 unspecified atom stereocenters. The van der Waals surface area contributed by atoms with Crippen molar-refractivity contribution in [1.82, 2.24) is 4.98 Å². The molecule has 1 aromatic rings. The molecule has 0 atom stereocenters. The number of aliphatic hydroxyl groups is 1. The van der Waals surface area contributed by atoms with Crippen molar-refractivity contribution in [2.75, 3.05) is 0 Å². The summed E-state index contributed by atoms with van der Waals surface area (Å²) in [5, 5.41) is 8.56. The van der Waals surface area contributed by atoms with Crippen LogP contribution in [-0.2, 0) is 6.61 Å². The predicted octanol–water partition coefficient (Wildman–Crippen LogP) is 0.944. The fourth-order valence-corrected chi connectivity index (χ4v) is 0.958. The normalized spacial score (nSPS) is 10.8. The van der Waals surface area contributed by atoms with E-state index in [1.165, 1.54) is 0 Å². The van der Waals surface area contributed by atoms with E-state index >= 15 is 0 Å². The number of halogens is 3. The second kappa shape index (κ2) is 3.61. The zero-order chi connectivity index (χ0) is 10.0. The molecule has 1 aromatic heterocycles. The molecule has 1 rings (SSSR count). The summed E-state index contributed by atoms with van der Waals surface area (Å²) in [4.78, 5) is 12.4. The van der Waals surface area contributed by atoms with Gasteiger partial charge in [0.1, 0.15) is 0 Å². The molecule has 0 amide bonds. The molecule has 0 saturated carbocycles. The highest BCUT2D eigenvalue weighted by molar-refractivity contribution is 5.24. The first-order valence-corrected chi connectivity index (χ1v) is 3.37. The topological polar surface area (TPSA) is 53.1 Å². The maximum atomic E-state index is 12.4. The van der Waals surface area contributed by atoms with Crippen molar-refractivity contribution >= 4 is 0 Å². The molecule has 0 spiro atoms. The predicted molar refractivity (Wildman–Crippen MR) is 37.9 cm³/mol. The minimum atomic E-state index is -3.02. The van der Waals surface area contributed by atoms with E-state index < -0.39 is 35.7 Å². The number of pyridine rings is 1. The molecule has 0 aromatic carbocycles. The third-order valence-electron chi connectivity index (χ3n) is 1.51. The van der Waals surface area contributed by atoms with Gasteiger partial charge in [0.2, 0.25) is 0 Å². The minimum Gasteiger partial charge on any atom is -0.392 e. The van der Waals surface area contributed by atoms with E-state index in [1.54, 1.807) is 4.98 Å². The molecule has 1 heterocycles. The average Bonchev–Trinajstić information content (AvgIpc) is 2.01. The molecule has 0 aliphatic heterocycles. The number of hydrogen-bond donors (Lipinski definition) is 2. The summed E-state index contributed by atoms with van der Waals surface area (Å²) in [6, 6.07) is 0.670. The SMILES string of the molecule is O=c1[nH]c(F)cc(CO)c1C(F)F. The highest BCUT2D eigenvalue weighted by Crippen LogP contribution is 2.18. The van der Waals surface area contributed by atoms with Crippen molar-refractivity contribution in [2.45, 2.75) is 13.0 Å². The van der Waals surface area contributed by atoms with Crippen LogP contribution in [-0.4, -0.2) is 10.1 Å². The van der Waals surface area contributed by atoms with Crippen LogP contribution < -0.4 is 5.56 Å². The summed E-state index contributed by atoms with van der Waals surface area (Å²) in [6.07, 6.45) is -3.02. The summed E-state index contributed by atoms with van der Waals surface area (Å²) in [5.41, 5.74) is -2.49. The molecule has 6 heteroatoms. The number of aliphatic hydroxyl groups excluding tert-OH is 1. The summed E-state index contributed by atoms with van der Waals surface area (Å²) in [7, 11) is 0. The van der Waals surface area contributed by atoms with Crippen LogP contribution in [0.5, 0.6) is 0 Å². The second-order valence-corrected chi connectivity index (χ2v) is 2.34. The van der Waals surface area contributed by atoms with E-state index in [0.717, 1.165) is 0 Å². The number of hydrogen-bond acceptors (Lipinski definition) is 2. The van der Waals surface area contributed by atoms with E-state index in [-0.39, 0.29) is 0 Å². The van der Waals surface area contributed by atoms with Gasteiger partial charge in [-0.05, 0) is 11.6 Å². The van der Waals surface area contributed by atoms with Gasteiger partial charge in [-0.2, -0.15) is 4.39 Å². The van der Waals surface area contributed by atoms with Crippen molar-refractivity contribution in [3.63, 3.8) is 0 Å². The van der Waals surface area contributed by atoms with Crippen molar-refractivity contribution < 1.29 is 18.3 Å². The van der Waals surface area contributed by atoms with Gasteiger partial charge >= 0.3 is 0 Å². The van der Waals surface area contributed by atoms with Crippen LogP contribution in [0, 0.1) is 5.95 Å². The number of aromatic amines is 1. The maximum absolute atomic E-state index is 12.4. The van der Waals surface area contributed by atoms with E-state index in [1.807, 2.05) is 0 Å². The molecule has 3 nitrogen and oxygen atoms in total. The van der Waals surface area contributed by atoms with Crippen molar-refractivity contribution in [3.05, 3.63) is 33.5 Å². The Hall–Kier alpha value is -1.30. The summed E-state index contributed by atoms with van der Waals surface area (Å²) in [6.45, 7) is -0.791. The largest absolute Gasteiger partial charge is 0.392 e. The van der Waals surface area contributed by atoms with E-state index in [2.05, 4.69) is 0 Å². The molecule has 0 aliphatic carbocycles. The number of nitrogens with one attached hydrogen (secondary N) is 1. The average molecular weight is 193 g/mol. The molecule has 13 heavy (non-hydrogen) atoms. The lowest BCUT2D eigenvalue weighted by atomic mass is 10.1. The van der Waals surface area contributed by atoms with Crippen LogP contribution in [0.4, 0.5) is 13.2 Å². The van der Waals surface area contributed by atoms with Crippen molar-refractivity contribution in [2.24, 2.45) is 0 Å². The van der Waals surface area contributed by atoms with Gasteiger partial charge in [0.15, 0.2) is 5.95 Å². The van der Waals surface area contributed by atoms with Gasteiger partial charge in [-0.25, -0.2) is 8.78 Å². The fourth-order valence-electron chi connectivity index (χ4n) is 0.958. The molecule has 2 N–H and O–H groups in total. The lowest BCUT2D eigenvalue weighted by Crippen LogP contribution is -2.17. The van der Waals surface area contributed by atoms with E-state index in [0.29, 0.717) is 6.07 Å². The lowest BCUT2D eigenvalue weighted by Gasteiger charge is -2.04. The molecular weight excluding hydrogens is 187 g/mol. The number of H-pyrrole nitrogens is 1. The first-order chi connectivity index (χ1) is 6.06. The van der Waals surface area contributed by atoms with Gasteiger partial charge in [-0.1, -0.05) is 0 Å². The van der Waals surface area contributed by atoms with Crippen LogP contribution in [0.15, 0.2) is 10.9 Å². The van der Waals surface area contributed by atoms with Crippen LogP contribution in [0.2, 0.25) is 0 Å². The zero-order valence-electron chi connectivity index (χ0n) is 6.35. The van der Waals surface area contributed by atoms with Crippen LogP contribution in [0.1, 0.15) is 17.6 Å². The fraction of sp³-hybridized carbons (Fsp3) is 0.286. The molecule has 0 fully saturated rings. The Morgan fingerprint density at radius 1 is 1.54 bits per heavy atom. The Balaban J connectivity index is 3.39. The first-order valence-electron chi connectivity index (χ1n) is 3.37. The smallest absolute Gasteiger partial charge is 0.269 e. The van der Waals surface area contributed by atoms with Crippen molar-refractivity contribution in [3.8, 4) is 0 Å². The van der Waals surface area contributed by atoms with E-state index in [9.17, 15) is 18.0 Å². The third kappa shape index (κ3) is 1.89. The number of aromatic nitrogens is 1. The first kappa shape index (κ1) is 9.79. The quantitative estimate of drug-likeness (QED) is 0.687.